The van der Waals surface area contributed by atoms with E-state index in [9.17, 15) is 4.79 Å². The highest BCUT2D eigenvalue weighted by Crippen LogP contribution is 2.39. The molecule has 4 N–H and O–H groups in total. The van der Waals surface area contributed by atoms with Crippen molar-refractivity contribution in [3.63, 3.8) is 0 Å². The Morgan fingerprint density at radius 2 is 1.64 bits per heavy atom. The Balaban J connectivity index is 1.38. The van der Waals surface area contributed by atoms with Gasteiger partial charge in [-0.1, -0.05) is 0 Å². The molecule has 1 aliphatic carbocycles. The molecule has 0 radical (unpaired) electrons. The highest BCUT2D eigenvalue weighted by molar-refractivity contribution is 5.88. The maximum absolute atomic E-state index is 11.3. The van der Waals surface area contributed by atoms with Crippen molar-refractivity contribution in [3.8, 4) is 0 Å². The normalized spacial score (nSPS) is 16.5. The number of anilines is 6. The van der Waals surface area contributed by atoms with Crippen molar-refractivity contribution in [1.82, 2.24) is 30.0 Å². The van der Waals surface area contributed by atoms with Gasteiger partial charge in [-0.15, -0.1) is 0 Å². The number of benzene rings is 1. The second-order valence-corrected chi connectivity index (χ2v) is 8.56. The number of aromatic amines is 1. The van der Waals surface area contributed by atoms with Gasteiger partial charge in [0.05, 0.1) is 0 Å². The van der Waals surface area contributed by atoms with Crippen molar-refractivity contribution in [3.05, 3.63) is 36.0 Å². The van der Waals surface area contributed by atoms with E-state index in [0.717, 1.165) is 43.2 Å². The summed E-state index contributed by atoms with van der Waals surface area (Å²) < 4.78 is 0. The minimum atomic E-state index is -0.107. The molecule has 0 atom stereocenters. The van der Waals surface area contributed by atoms with E-state index in [1.54, 1.807) is 0 Å². The molecule has 0 unspecified atom stereocenters. The van der Waals surface area contributed by atoms with E-state index in [1.165, 1.54) is 19.8 Å². The first kappa shape index (κ1) is 21.1. The van der Waals surface area contributed by atoms with Crippen molar-refractivity contribution in [2.75, 3.05) is 54.1 Å². The van der Waals surface area contributed by atoms with Crippen molar-refractivity contribution in [2.45, 2.75) is 25.7 Å². The fourth-order valence-corrected chi connectivity index (χ4v) is 3.71. The standard InChI is InChI=1S/C22H28N10O/c1-14(33)23-16-5-7-17(8-6-16)24-20-26-21(25-19-13-18(29-30-19)15-3-4-15)28-22(27-20)32-11-9-31(2)10-12-32/h5-8,13,15H,3-4,9-12H2,1-2H3,(H,23,33)(H3,24,25,26,27,28,29,30). The third-order valence-electron chi connectivity index (χ3n) is 5.73. The van der Waals surface area contributed by atoms with Gasteiger partial charge in [-0.05, 0) is 44.2 Å². The first-order valence-electron chi connectivity index (χ1n) is 11.2. The predicted molar refractivity (Wildman–Crippen MR) is 127 cm³/mol. The molecule has 172 valence electrons. The van der Waals surface area contributed by atoms with Crippen LogP contribution in [0.5, 0.6) is 0 Å². The number of nitrogens with zero attached hydrogens (tertiary/aromatic N) is 6. The van der Waals surface area contributed by atoms with E-state index in [4.69, 9.17) is 0 Å². The van der Waals surface area contributed by atoms with Crippen molar-refractivity contribution < 1.29 is 4.79 Å². The second-order valence-electron chi connectivity index (χ2n) is 8.56. The minimum absolute atomic E-state index is 0.107. The number of carbonyl (C=O) groups is 1. The van der Waals surface area contributed by atoms with Crippen LogP contribution in [0.3, 0.4) is 0 Å². The third-order valence-corrected chi connectivity index (χ3v) is 5.73. The van der Waals surface area contributed by atoms with Gasteiger partial charge in [0.15, 0.2) is 5.82 Å². The number of carbonyl (C=O) groups excluding carboxylic acids is 1. The van der Waals surface area contributed by atoms with E-state index in [2.05, 4.69) is 57.9 Å². The largest absolute Gasteiger partial charge is 0.338 e. The Hall–Kier alpha value is -3.73. The Morgan fingerprint density at radius 1 is 0.970 bits per heavy atom. The molecule has 2 fully saturated rings. The van der Waals surface area contributed by atoms with Crippen LogP contribution >= 0.6 is 0 Å². The molecule has 2 aromatic heterocycles. The summed E-state index contributed by atoms with van der Waals surface area (Å²) in [7, 11) is 2.12. The van der Waals surface area contributed by atoms with Gasteiger partial charge in [-0.3, -0.25) is 9.89 Å². The lowest BCUT2D eigenvalue weighted by Gasteiger charge is -2.32. The summed E-state index contributed by atoms with van der Waals surface area (Å²) in [4.78, 5) is 29.6. The van der Waals surface area contributed by atoms with E-state index in [-0.39, 0.29) is 5.91 Å². The number of piperazine rings is 1. The monoisotopic (exact) mass is 448 g/mol. The second kappa shape index (κ2) is 9.02. The summed E-state index contributed by atoms with van der Waals surface area (Å²) in [5.74, 6) is 2.67. The Labute approximate surface area is 192 Å². The lowest BCUT2D eigenvalue weighted by Crippen LogP contribution is -2.45. The van der Waals surface area contributed by atoms with Gasteiger partial charge in [0.2, 0.25) is 23.8 Å². The van der Waals surface area contributed by atoms with E-state index >= 15 is 0 Å². The molecule has 5 rings (SSSR count). The predicted octanol–water partition coefficient (Wildman–Crippen LogP) is 2.67. The maximum Gasteiger partial charge on any atom is 0.235 e. The number of hydrogen-bond acceptors (Lipinski definition) is 9. The van der Waals surface area contributed by atoms with Crippen molar-refractivity contribution in [1.29, 1.82) is 0 Å². The summed E-state index contributed by atoms with van der Waals surface area (Å²) in [5.41, 5.74) is 2.68. The molecule has 3 aromatic rings. The smallest absolute Gasteiger partial charge is 0.235 e. The Morgan fingerprint density at radius 3 is 2.30 bits per heavy atom. The van der Waals surface area contributed by atoms with Gasteiger partial charge >= 0.3 is 0 Å². The lowest BCUT2D eigenvalue weighted by atomic mass is 10.3. The van der Waals surface area contributed by atoms with Crippen LogP contribution in [-0.4, -0.2) is 69.2 Å². The average Bonchev–Trinajstić information content (AvgIpc) is 3.54. The molecule has 1 saturated heterocycles. The molecule has 1 amide bonds. The van der Waals surface area contributed by atoms with Crippen LogP contribution in [0.15, 0.2) is 30.3 Å². The summed E-state index contributed by atoms with van der Waals surface area (Å²) in [6.45, 7) is 5.08. The number of amides is 1. The SMILES string of the molecule is CC(=O)Nc1ccc(Nc2nc(Nc3cc(C4CC4)[nH]n3)nc(N3CCN(C)CC3)n2)cc1. The number of likely N-dealkylation sites (N-methyl/N-ethyl adjacent to an activating group) is 1. The molecule has 2 aliphatic rings. The zero-order valence-corrected chi connectivity index (χ0v) is 18.8. The zero-order valence-electron chi connectivity index (χ0n) is 18.8. The fraction of sp³-hybridized carbons (Fsp3) is 0.409. The number of H-pyrrole nitrogens is 1. The molecule has 3 heterocycles. The summed E-state index contributed by atoms with van der Waals surface area (Å²) in [6.07, 6.45) is 2.41. The minimum Gasteiger partial charge on any atom is -0.338 e. The van der Waals surface area contributed by atoms with E-state index in [1.807, 2.05) is 30.3 Å². The number of aromatic nitrogens is 5. The summed E-state index contributed by atoms with van der Waals surface area (Å²) in [6, 6.07) is 9.41. The average molecular weight is 449 g/mol. The van der Waals surface area contributed by atoms with E-state index in [0.29, 0.717) is 29.6 Å². The fourth-order valence-electron chi connectivity index (χ4n) is 3.71. The molecule has 1 aliphatic heterocycles. The first-order valence-corrected chi connectivity index (χ1v) is 11.2. The third kappa shape index (κ3) is 5.37. The van der Waals surface area contributed by atoms with Crippen LogP contribution in [0.2, 0.25) is 0 Å². The Bertz CT molecular complexity index is 1120. The van der Waals surface area contributed by atoms with Gasteiger partial charge in [-0.25, -0.2) is 0 Å². The quantitative estimate of drug-likeness (QED) is 0.431. The van der Waals surface area contributed by atoms with Gasteiger partial charge in [0, 0.05) is 62.2 Å². The molecule has 11 nitrogen and oxygen atoms in total. The van der Waals surface area contributed by atoms with Gasteiger partial charge in [-0.2, -0.15) is 20.1 Å². The molecular weight excluding hydrogens is 420 g/mol. The van der Waals surface area contributed by atoms with Crippen molar-refractivity contribution in [2.24, 2.45) is 0 Å². The maximum atomic E-state index is 11.3. The summed E-state index contributed by atoms with van der Waals surface area (Å²) >= 11 is 0. The van der Waals surface area contributed by atoms with Crippen LogP contribution < -0.4 is 20.9 Å². The van der Waals surface area contributed by atoms with E-state index < -0.39 is 0 Å². The van der Waals surface area contributed by atoms with Crippen molar-refractivity contribution >= 4 is 40.9 Å². The first-order chi connectivity index (χ1) is 16.0. The zero-order chi connectivity index (χ0) is 22.8. The topological polar surface area (TPSA) is 127 Å². The van der Waals surface area contributed by atoms with Crippen LogP contribution in [0.25, 0.3) is 0 Å². The molecule has 0 bridgehead atoms. The highest BCUT2D eigenvalue weighted by Gasteiger charge is 2.26. The van der Waals surface area contributed by atoms with Gasteiger partial charge in [0.25, 0.3) is 0 Å². The van der Waals surface area contributed by atoms with Crippen LogP contribution in [0, 0.1) is 0 Å². The number of hydrogen-bond donors (Lipinski definition) is 4. The molecule has 33 heavy (non-hydrogen) atoms. The van der Waals surface area contributed by atoms with Crippen LogP contribution in [0.1, 0.15) is 31.4 Å². The molecule has 1 aromatic carbocycles. The Kier molecular flexibility index (Phi) is 5.78. The number of nitrogens with one attached hydrogen (secondary N) is 4. The van der Waals surface area contributed by atoms with Crippen LogP contribution in [-0.2, 0) is 4.79 Å². The lowest BCUT2D eigenvalue weighted by molar-refractivity contribution is -0.114. The molecular formula is C22H28N10O. The molecule has 0 spiro atoms. The summed E-state index contributed by atoms with van der Waals surface area (Å²) in [5, 5.41) is 16.7. The van der Waals surface area contributed by atoms with Gasteiger partial charge < -0.3 is 25.8 Å². The highest BCUT2D eigenvalue weighted by atomic mass is 16.1. The van der Waals surface area contributed by atoms with Gasteiger partial charge in [0.1, 0.15) is 0 Å². The number of rotatable bonds is 7. The van der Waals surface area contributed by atoms with Crippen LogP contribution in [0.4, 0.5) is 35.0 Å². The molecule has 1 saturated carbocycles. The molecule has 11 heteroatoms.